The molecule has 0 bridgehead atoms. The van der Waals surface area contributed by atoms with Crippen LogP contribution in [0, 0.1) is 23.6 Å². The Balaban J connectivity index is 1.60. The van der Waals surface area contributed by atoms with Crippen LogP contribution in [-0.2, 0) is 0 Å². The van der Waals surface area contributed by atoms with E-state index in [1.807, 2.05) is 12.1 Å². The van der Waals surface area contributed by atoms with Crippen molar-refractivity contribution in [1.82, 2.24) is 0 Å². The molecule has 0 radical (unpaired) electrons. The van der Waals surface area contributed by atoms with E-state index in [1.165, 1.54) is 37.7 Å². The molecule has 1 saturated carbocycles. The Labute approximate surface area is 127 Å². The molecule has 2 aliphatic rings. The SMILES string of the molecule is CCC1CCC(C2C=CC(c3ccc(F)cc3)=CC2)CC1. The predicted molar refractivity (Wildman–Crippen MR) is 87.4 cm³/mol. The van der Waals surface area contributed by atoms with Gasteiger partial charge in [-0.1, -0.05) is 56.5 Å². The van der Waals surface area contributed by atoms with Crippen molar-refractivity contribution >= 4 is 5.57 Å². The first-order valence-corrected chi connectivity index (χ1v) is 8.40. The summed E-state index contributed by atoms with van der Waals surface area (Å²) in [5.41, 5.74) is 2.37. The summed E-state index contributed by atoms with van der Waals surface area (Å²) in [7, 11) is 0. The van der Waals surface area contributed by atoms with Gasteiger partial charge in [-0.3, -0.25) is 0 Å². The van der Waals surface area contributed by atoms with Crippen molar-refractivity contribution in [3.05, 3.63) is 53.9 Å². The maximum atomic E-state index is 13.0. The average Bonchev–Trinajstić information content (AvgIpc) is 2.56. The molecular formula is C20H25F. The van der Waals surface area contributed by atoms with E-state index < -0.39 is 0 Å². The lowest BCUT2D eigenvalue weighted by Crippen LogP contribution is -2.21. The second kappa shape index (κ2) is 6.60. The zero-order valence-corrected chi connectivity index (χ0v) is 12.9. The monoisotopic (exact) mass is 284 g/mol. The summed E-state index contributed by atoms with van der Waals surface area (Å²) in [4.78, 5) is 0. The molecule has 1 unspecified atom stereocenters. The van der Waals surface area contributed by atoms with Gasteiger partial charge in [0.2, 0.25) is 0 Å². The fourth-order valence-corrected chi connectivity index (χ4v) is 3.87. The molecule has 0 spiro atoms. The van der Waals surface area contributed by atoms with E-state index in [2.05, 4.69) is 25.2 Å². The lowest BCUT2D eigenvalue weighted by molar-refractivity contribution is 0.226. The Morgan fingerprint density at radius 1 is 1.05 bits per heavy atom. The molecule has 0 amide bonds. The summed E-state index contributed by atoms with van der Waals surface area (Å²) in [6.07, 6.45) is 15.1. The number of benzene rings is 1. The van der Waals surface area contributed by atoms with Crippen LogP contribution in [0.3, 0.4) is 0 Å². The molecular weight excluding hydrogens is 259 g/mol. The van der Waals surface area contributed by atoms with Gasteiger partial charge in [-0.25, -0.2) is 4.39 Å². The van der Waals surface area contributed by atoms with Crippen molar-refractivity contribution in [1.29, 1.82) is 0 Å². The smallest absolute Gasteiger partial charge is 0.123 e. The minimum atomic E-state index is -0.162. The van der Waals surface area contributed by atoms with Gasteiger partial charge in [-0.05, 0) is 60.3 Å². The van der Waals surface area contributed by atoms with Crippen LogP contribution in [0.5, 0.6) is 0 Å². The highest BCUT2D eigenvalue weighted by Crippen LogP contribution is 2.39. The van der Waals surface area contributed by atoms with Crippen molar-refractivity contribution in [3.63, 3.8) is 0 Å². The number of hydrogen-bond donors (Lipinski definition) is 0. The van der Waals surface area contributed by atoms with Crippen molar-refractivity contribution in [2.24, 2.45) is 17.8 Å². The van der Waals surface area contributed by atoms with Gasteiger partial charge in [-0.15, -0.1) is 0 Å². The summed E-state index contributed by atoms with van der Waals surface area (Å²) in [6.45, 7) is 2.32. The minimum Gasteiger partial charge on any atom is -0.207 e. The van der Waals surface area contributed by atoms with Gasteiger partial charge in [0.05, 0.1) is 0 Å². The molecule has 1 heteroatoms. The highest BCUT2D eigenvalue weighted by molar-refractivity contribution is 5.74. The first-order chi connectivity index (χ1) is 10.3. The van der Waals surface area contributed by atoms with E-state index in [9.17, 15) is 4.39 Å². The summed E-state index contributed by atoms with van der Waals surface area (Å²) < 4.78 is 13.0. The summed E-state index contributed by atoms with van der Waals surface area (Å²) >= 11 is 0. The van der Waals surface area contributed by atoms with E-state index in [0.717, 1.165) is 23.8 Å². The molecule has 0 heterocycles. The third-order valence-electron chi connectivity index (χ3n) is 5.38. The van der Waals surface area contributed by atoms with Gasteiger partial charge in [0.15, 0.2) is 0 Å². The highest BCUT2D eigenvalue weighted by Gasteiger charge is 2.26. The normalized spacial score (nSPS) is 29.2. The van der Waals surface area contributed by atoms with Gasteiger partial charge in [0, 0.05) is 0 Å². The minimum absolute atomic E-state index is 0.162. The van der Waals surface area contributed by atoms with Gasteiger partial charge in [0.1, 0.15) is 5.82 Å². The molecule has 1 aromatic rings. The lowest BCUT2D eigenvalue weighted by atomic mass is 9.73. The van der Waals surface area contributed by atoms with E-state index >= 15 is 0 Å². The van der Waals surface area contributed by atoms with Crippen molar-refractivity contribution in [2.75, 3.05) is 0 Å². The molecule has 0 aromatic heterocycles. The average molecular weight is 284 g/mol. The zero-order chi connectivity index (χ0) is 14.7. The van der Waals surface area contributed by atoms with Crippen molar-refractivity contribution < 1.29 is 4.39 Å². The Morgan fingerprint density at radius 3 is 2.33 bits per heavy atom. The largest absolute Gasteiger partial charge is 0.207 e. The van der Waals surface area contributed by atoms with Gasteiger partial charge in [-0.2, -0.15) is 0 Å². The quantitative estimate of drug-likeness (QED) is 0.638. The number of rotatable bonds is 3. The molecule has 0 nitrogen and oxygen atoms in total. The van der Waals surface area contributed by atoms with Gasteiger partial charge >= 0.3 is 0 Å². The maximum absolute atomic E-state index is 13.0. The second-order valence-corrected chi connectivity index (χ2v) is 6.61. The molecule has 0 aliphatic heterocycles. The third-order valence-corrected chi connectivity index (χ3v) is 5.38. The van der Waals surface area contributed by atoms with Crippen LogP contribution in [0.2, 0.25) is 0 Å². The molecule has 1 atom stereocenters. The summed E-state index contributed by atoms with van der Waals surface area (Å²) in [6, 6.07) is 6.83. The van der Waals surface area contributed by atoms with Crippen LogP contribution in [0.1, 0.15) is 51.0 Å². The molecule has 1 aromatic carbocycles. The summed E-state index contributed by atoms with van der Waals surface area (Å²) in [5, 5.41) is 0. The van der Waals surface area contributed by atoms with E-state index in [0.29, 0.717) is 5.92 Å². The standard InChI is InChI=1S/C20H25F/c1-2-15-3-5-16(6-4-15)17-7-9-18(10-8-17)19-11-13-20(21)14-12-19/h7,9-17H,2-6,8H2,1H3. The molecule has 0 saturated heterocycles. The lowest BCUT2D eigenvalue weighted by Gasteiger charge is -2.33. The van der Waals surface area contributed by atoms with Crippen LogP contribution in [0.4, 0.5) is 4.39 Å². The van der Waals surface area contributed by atoms with Crippen LogP contribution in [0.15, 0.2) is 42.5 Å². The predicted octanol–water partition coefficient (Wildman–Crippen LogP) is 6.00. The Hall–Kier alpha value is -1.37. The molecule has 112 valence electrons. The van der Waals surface area contributed by atoms with Crippen molar-refractivity contribution in [2.45, 2.75) is 45.4 Å². The van der Waals surface area contributed by atoms with Crippen LogP contribution < -0.4 is 0 Å². The molecule has 3 rings (SSSR count). The molecule has 0 N–H and O–H groups in total. The second-order valence-electron chi connectivity index (χ2n) is 6.61. The van der Waals surface area contributed by atoms with Gasteiger partial charge < -0.3 is 0 Å². The molecule has 21 heavy (non-hydrogen) atoms. The van der Waals surface area contributed by atoms with E-state index in [-0.39, 0.29) is 5.82 Å². The Morgan fingerprint density at radius 2 is 1.76 bits per heavy atom. The number of allylic oxidation sites excluding steroid dienone is 4. The fraction of sp³-hybridized carbons (Fsp3) is 0.500. The van der Waals surface area contributed by atoms with Gasteiger partial charge in [0.25, 0.3) is 0 Å². The number of halogens is 1. The van der Waals surface area contributed by atoms with Crippen LogP contribution >= 0.6 is 0 Å². The van der Waals surface area contributed by atoms with E-state index in [4.69, 9.17) is 0 Å². The first kappa shape index (κ1) is 14.6. The van der Waals surface area contributed by atoms with Crippen LogP contribution in [-0.4, -0.2) is 0 Å². The third kappa shape index (κ3) is 3.45. The topological polar surface area (TPSA) is 0 Å². The number of hydrogen-bond acceptors (Lipinski definition) is 0. The first-order valence-electron chi connectivity index (χ1n) is 8.40. The molecule has 2 aliphatic carbocycles. The Kier molecular flexibility index (Phi) is 4.57. The zero-order valence-electron chi connectivity index (χ0n) is 12.9. The maximum Gasteiger partial charge on any atom is 0.123 e. The Bertz CT molecular complexity index is 515. The van der Waals surface area contributed by atoms with E-state index in [1.54, 1.807) is 12.1 Å². The summed E-state index contributed by atoms with van der Waals surface area (Å²) in [5.74, 6) is 2.39. The molecule has 1 fully saturated rings. The van der Waals surface area contributed by atoms with Crippen molar-refractivity contribution in [3.8, 4) is 0 Å². The van der Waals surface area contributed by atoms with Crippen LogP contribution in [0.25, 0.3) is 5.57 Å². The fourth-order valence-electron chi connectivity index (χ4n) is 3.87. The highest BCUT2D eigenvalue weighted by atomic mass is 19.1.